The van der Waals surface area contributed by atoms with E-state index in [0.717, 1.165) is 5.82 Å². The van der Waals surface area contributed by atoms with E-state index in [9.17, 15) is 5.11 Å². The Labute approximate surface area is 136 Å². The van der Waals surface area contributed by atoms with Crippen LogP contribution in [-0.2, 0) is 6.54 Å². The number of nitrogens with one attached hydrogen (secondary N) is 2. The maximum absolute atomic E-state index is 9.75. The van der Waals surface area contributed by atoms with Crippen LogP contribution in [0.1, 0.15) is 5.56 Å². The van der Waals surface area contributed by atoms with Crippen LogP contribution in [0.3, 0.4) is 0 Å². The maximum atomic E-state index is 9.75. The second kappa shape index (κ2) is 9.78. The molecule has 0 aliphatic rings. The lowest BCUT2D eigenvalue weighted by atomic mass is 10.2. The predicted molar refractivity (Wildman–Crippen MR) is 89.5 cm³/mol. The largest absolute Gasteiger partial charge is 0.475 e. The lowest BCUT2D eigenvalue weighted by Crippen LogP contribution is -2.33. The number of anilines is 1. The van der Waals surface area contributed by atoms with E-state index in [-0.39, 0.29) is 13.2 Å². The van der Waals surface area contributed by atoms with E-state index >= 15 is 0 Å². The van der Waals surface area contributed by atoms with Crippen molar-refractivity contribution in [1.82, 2.24) is 10.3 Å². The zero-order chi connectivity index (χ0) is 16.3. The third-order valence-corrected chi connectivity index (χ3v) is 3.13. The zero-order valence-corrected chi connectivity index (χ0v) is 13.0. The van der Waals surface area contributed by atoms with Crippen molar-refractivity contribution >= 4 is 5.82 Å². The Balaban J connectivity index is 1.78. The Morgan fingerprint density at radius 1 is 1.09 bits per heavy atom. The number of hydrogen-bond donors (Lipinski definition) is 4. The van der Waals surface area contributed by atoms with E-state index in [1.807, 2.05) is 42.5 Å². The lowest BCUT2D eigenvalue weighted by Gasteiger charge is -2.13. The van der Waals surface area contributed by atoms with Gasteiger partial charge in [0.05, 0.1) is 6.61 Å². The highest BCUT2D eigenvalue weighted by Gasteiger charge is 2.06. The summed E-state index contributed by atoms with van der Waals surface area (Å²) >= 11 is 0. The molecule has 6 heteroatoms. The fourth-order valence-electron chi connectivity index (χ4n) is 1.97. The Morgan fingerprint density at radius 3 is 2.70 bits per heavy atom. The molecule has 0 saturated carbocycles. The highest BCUT2D eigenvalue weighted by molar-refractivity contribution is 5.38. The van der Waals surface area contributed by atoms with Gasteiger partial charge in [-0.1, -0.05) is 36.4 Å². The van der Waals surface area contributed by atoms with Gasteiger partial charge in [0.1, 0.15) is 18.5 Å². The number of hydrogen-bond acceptors (Lipinski definition) is 6. The SMILES string of the molecule is OCCNC[C@@H](O)COc1cccc(NCc2ccccc2)n1. The molecule has 0 aliphatic carbocycles. The van der Waals surface area contributed by atoms with E-state index < -0.39 is 6.10 Å². The van der Waals surface area contributed by atoms with Crippen molar-refractivity contribution in [2.24, 2.45) is 0 Å². The van der Waals surface area contributed by atoms with Crippen molar-refractivity contribution in [2.45, 2.75) is 12.6 Å². The van der Waals surface area contributed by atoms with Crippen molar-refractivity contribution in [2.75, 3.05) is 31.6 Å². The minimum atomic E-state index is -0.649. The first-order valence-electron chi connectivity index (χ1n) is 7.65. The molecule has 0 bridgehead atoms. The van der Waals surface area contributed by atoms with Crippen LogP contribution < -0.4 is 15.4 Å². The summed E-state index contributed by atoms with van der Waals surface area (Å²) in [5.41, 5.74) is 1.17. The number of ether oxygens (including phenoxy) is 1. The summed E-state index contributed by atoms with van der Waals surface area (Å²) in [5.74, 6) is 1.18. The van der Waals surface area contributed by atoms with E-state index in [0.29, 0.717) is 25.5 Å². The molecule has 0 unspecified atom stereocenters. The van der Waals surface area contributed by atoms with Gasteiger partial charge < -0.3 is 25.6 Å². The molecule has 6 nitrogen and oxygen atoms in total. The average molecular weight is 317 g/mol. The van der Waals surface area contributed by atoms with Gasteiger partial charge in [-0.3, -0.25) is 0 Å². The highest BCUT2D eigenvalue weighted by Crippen LogP contribution is 2.12. The van der Waals surface area contributed by atoms with Crippen LogP contribution >= 0.6 is 0 Å². The molecular weight excluding hydrogens is 294 g/mol. The summed E-state index contributed by atoms with van der Waals surface area (Å²) in [4.78, 5) is 4.35. The molecular formula is C17H23N3O3. The molecule has 2 rings (SSSR count). The van der Waals surface area contributed by atoms with Gasteiger partial charge in [0.25, 0.3) is 0 Å². The Bertz CT molecular complexity index is 566. The Hall–Kier alpha value is -2.15. The van der Waals surface area contributed by atoms with Crippen molar-refractivity contribution in [3.63, 3.8) is 0 Å². The average Bonchev–Trinajstić information content (AvgIpc) is 2.60. The van der Waals surface area contributed by atoms with Gasteiger partial charge in [0.15, 0.2) is 0 Å². The summed E-state index contributed by atoms with van der Waals surface area (Å²) < 4.78 is 5.49. The summed E-state index contributed by atoms with van der Waals surface area (Å²) in [6, 6.07) is 15.5. The van der Waals surface area contributed by atoms with Crippen molar-refractivity contribution in [3.05, 3.63) is 54.1 Å². The first-order valence-corrected chi connectivity index (χ1v) is 7.65. The Morgan fingerprint density at radius 2 is 1.91 bits per heavy atom. The predicted octanol–water partition coefficient (Wildman–Crippen LogP) is 1.02. The molecule has 1 aromatic carbocycles. The van der Waals surface area contributed by atoms with Crippen LogP contribution in [0.2, 0.25) is 0 Å². The number of aromatic nitrogens is 1. The van der Waals surface area contributed by atoms with Crippen molar-refractivity contribution < 1.29 is 14.9 Å². The molecule has 2 aromatic rings. The molecule has 124 valence electrons. The third-order valence-electron chi connectivity index (χ3n) is 3.13. The maximum Gasteiger partial charge on any atom is 0.215 e. The van der Waals surface area contributed by atoms with Gasteiger partial charge in [-0.2, -0.15) is 4.98 Å². The fraction of sp³-hybridized carbons (Fsp3) is 0.353. The number of rotatable bonds is 10. The number of aliphatic hydroxyl groups excluding tert-OH is 2. The summed E-state index contributed by atoms with van der Waals surface area (Å²) in [6.45, 7) is 1.70. The van der Waals surface area contributed by atoms with Crippen molar-refractivity contribution in [1.29, 1.82) is 0 Å². The van der Waals surface area contributed by atoms with E-state index in [1.165, 1.54) is 5.56 Å². The molecule has 1 atom stereocenters. The minimum absolute atomic E-state index is 0.0459. The molecule has 4 N–H and O–H groups in total. The molecule has 1 aromatic heterocycles. The second-order valence-electron chi connectivity index (χ2n) is 5.09. The molecule has 0 amide bonds. The van der Waals surface area contributed by atoms with Crippen LogP contribution in [0.25, 0.3) is 0 Å². The van der Waals surface area contributed by atoms with Gasteiger partial charge in [-0.25, -0.2) is 0 Å². The quantitative estimate of drug-likeness (QED) is 0.489. The summed E-state index contributed by atoms with van der Waals surface area (Å²) in [5, 5.41) is 24.5. The zero-order valence-electron chi connectivity index (χ0n) is 13.0. The normalized spacial score (nSPS) is 11.9. The molecule has 0 radical (unpaired) electrons. The van der Waals surface area contributed by atoms with Gasteiger partial charge in [0, 0.05) is 25.7 Å². The Kier molecular flexibility index (Phi) is 7.32. The number of pyridine rings is 1. The van der Waals surface area contributed by atoms with Crippen LogP contribution in [0.4, 0.5) is 5.82 Å². The summed E-state index contributed by atoms with van der Waals surface area (Å²) in [7, 11) is 0. The standard InChI is InChI=1S/C17H23N3O3/c21-10-9-18-12-15(22)13-23-17-8-4-7-16(20-17)19-11-14-5-2-1-3-6-14/h1-8,15,18,21-22H,9-13H2,(H,19,20)/t15-/m1/s1. The van der Waals surface area contributed by atoms with E-state index in [2.05, 4.69) is 15.6 Å². The number of nitrogens with zero attached hydrogens (tertiary/aromatic N) is 1. The van der Waals surface area contributed by atoms with Gasteiger partial charge in [-0.15, -0.1) is 0 Å². The van der Waals surface area contributed by atoms with Crippen LogP contribution in [0.5, 0.6) is 5.88 Å². The highest BCUT2D eigenvalue weighted by atomic mass is 16.5. The lowest BCUT2D eigenvalue weighted by molar-refractivity contribution is 0.103. The summed E-state index contributed by atoms with van der Waals surface area (Å²) in [6.07, 6.45) is -0.649. The molecule has 0 fully saturated rings. The topological polar surface area (TPSA) is 86.6 Å². The van der Waals surface area contributed by atoms with E-state index in [4.69, 9.17) is 9.84 Å². The fourth-order valence-corrected chi connectivity index (χ4v) is 1.97. The van der Waals surface area contributed by atoms with Crippen LogP contribution in [0, 0.1) is 0 Å². The first-order chi connectivity index (χ1) is 11.3. The monoisotopic (exact) mass is 317 g/mol. The smallest absolute Gasteiger partial charge is 0.215 e. The molecule has 0 aliphatic heterocycles. The number of benzene rings is 1. The second-order valence-corrected chi connectivity index (χ2v) is 5.09. The third kappa shape index (κ3) is 6.65. The van der Waals surface area contributed by atoms with E-state index in [1.54, 1.807) is 6.07 Å². The molecule has 0 saturated heterocycles. The van der Waals surface area contributed by atoms with Gasteiger partial charge >= 0.3 is 0 Å². The van der Waals surface area contributed by atoms with Crippen LogP contribution in [0.15, 0.2) is 48.5 Å². The van der Waals surface area contributed by atoms with Crippen molar-refractivity contribution in [3.8, 4) is 5.88 Å². The van der Waals surface area contributed by atoms with Gasteiger partial charge in [0.2, 0.25) is 5.88 Å². The molecule has 23 heavy (non-hydrogen) atoms. The van der Waals surface area contributed by atoms with Gasteiger partial charge in [-0.05, 0) is 11.6 Å². The first kappa shape index (κ1) is 17.2. The molecule has 0 spiro atoms. The number of aliphatic hydroxyl groups is 2. The minimum Gasteiger partial charge on any atom is -0.475 e. The molecule has 1 heterocycles. The van der Waals surface area contributed by atoms with Crippen LogP contribution in [-0.4, -0.2) is 47.6 Å².